The average Bonchev–Trinajstić information content (AvgIpc) is 2.88. The van der Waals surface area contributed by atoms with Crippen molar-refractivity contribution in [2.45, 2.75) is 12.1 Å². The van der Waals surface area contributed by atoms with Crippen LogP contribution in [0, 0.1) is 0 Å². The smallest absolute Gasteiger partial charge is 0.158 e. The molecule has 0 radical (unpaired) electrons. The predicted molar refractivity (Wildman–Crippen MR) is 81.7 cm³/mol. The van der Waals surface area contributed by atoms with E-state index >= 15 is 0 Å². The lowest BCUT2D eigenvalue weighted by atomic mass is 9.99. The summed E-state index contributed by atoms with van der Waals surface area (Å²) in [6.07, 6.45) is 1.01. The third-order valence-corrected chi connectivity index (χ3v) is 4.96. The Labute approximate surface area is 128 Å². The van der Waals surface area contributed by atoms with E-state index in [1.807, 2.05) is 0 Å². The van der Waals surface area contributed by atoms with Crippen molar-refractivity contribution < 1.29 is 17.5 Å². The highest BCUT2D eigenvalue weighted by Crippen LogP contribution is 2.27. The summed E-state index contributed by atoms with van der Waals surface area (Å²) in [5.74, 6) is 0.0947. The van der Waals surface area contributed by atoms with Crippen LogP contribution in [0.4, 0.5) is 4.39 Å². The molecule has 6 nitrogen and oxygen atoms in total. The molecule has 1 aromatic rings. The molecular formula is C14H16FN3O3S. The fraction of sp³-hybridized carbons (Fsp3) is 0.429. The minimum atomic E-state index is -3.02. The van der Waals surface area contributed by atoms with Gasteiger partial charge in [0.15, 0.2) is 9.84 Å². The Kier molecular flexibility index (Phi) is 5.18. The summed E-state index contributed by atoms with van der Waals surface area (Å²) in [6.45, 7) is -0.826. The molecule has 0 aromatic heterocycles. The Bertz CT molecular complexity index is 709. The number of benzene rings is 1. The molecule has 0 N–H and O–H groups in total. The van der Waals surface area contributed by atoms with Crippen LogP contribution < -0.4 is 0 Å². The van der Waals surface area contributed by atoms with E-state index in [2.05, 4.69) is 10.0 Å². The van der Waals surface area contributed by atoms with Crippen LogP contribution in [0.5, 0.6) is 0 Å². The Morgan fingerprint density at radius 2 is 2.09 bits per heavy atom. The molecule has 2 atom stereocenters. The third-order valence-electron chi connectivity index (χ3n) is 3.53. The third kappa shape index (κ3) is 3.65. The number of hydrogen-bond acceptors (Lipinski definition) is 4. The zero-order valence-corrected chi connectivity index (χ0v) is 12.8. The highest BCUT2D eigenvalue weighted by molar-refractivity contribution is 7.92. The standard InChI is InChI=1S/C14H16FN3O3S/c1-21-14(13(8-15)17-18-16)11-4-2-10(3-5-11)12-6-7-22(19,20)9-12/h2-6,13-14H,7-9H2,1H3/t13?,14-/m1/s1. The zero-order valence-electron chi connectivity index (χ0n) is 12.0. The molecule has 0 fully saturated rings. The maximum Gasteiger partial charge on any atom is 0.158 e. The van der Waals surface area contributed by atoms with Gasteiger partial charge in [-0.1, -0.05) is 35.5 Å². The number of hydrogen-bond donors (Lipinski definition) is 0. The van der Waals surface area contributed by atoms with Crippen molar-refractivity contribution in [3.05, 3.63) is 51.9 Å². The van der Waals surface area contributed by atoms with Gasteiger partial charge in [0.1, 0.15) is 6.67 Å². The summed E-state index contributed by atoms with van der Waals surface area (Å²) in [4.78, 5) is 2.63. The first-order valence-electron chi connectivity index (χ1n) is 6.63. The van der Waals surface area contributed by atoms with Gasteiger partial charge in [-0.05, 0) is 22.2 Å². The van der Waals surface area contributed by atoms with Gasteiger partial charge in [0.05, 0.1) is 23.7 Å². The highest BCUT2D eigenvalue weighted by Gasteiger charge is 2.23. The monoisotopic (exact) mass is 325 g/mol. The number of ether oxygens (including phenoxy) is 1. The van der Waals surface area contributed by atoms with Crippen molar-refractivity contribution >= 4 is 15.4 Å². The molecule has 0 bridgehead atoms. The maximum atomic E-state index is 13.0. The molecular weight excluding hydrogens is 309 g/mol. The molecule has 1 heterocycles. The first kappa shape index (κ1) is 16.5. The fourth-order valence-electron chi connectivity index (χ4n) is 2.42. The Hall–Kier alpha value is -1.89. The molecule has 22 heavy (non-hydrogen) atoms. The van der Waals surface area contributed by atoms with Gasteiger partial charge in [-0.3, -0.25) is 4.39 Å². The van der Waals surface area contributed by atoms with Gasteiger partial charge >= 0.3 is 0 Å². The van der Waals surface area contributed by atoms with Crippen molar-refractivity contribution in [1.82, 2.24) is 0 Å². The van der Waals surface area contributed by atoms with Crippen molar-refractivity contribution in [3.63, 3.8) is 0 Å². The van der Waals surface area contributed by atoms with Gasteiger partial charge < -0.3 is 4.74 Å². The van der Waals surface area contributed by atoms with E-state index < -0.39 is 28.7 Å². The van der Waals surface area contributed by atoms with Crippen LogP contribution in [0.15, 0.2) is 35.5 Å². The molecule has 0 saturated heterocycles. The molecule has 0 aliphatic carbocycles. The molecule has 0 spiro atoms. The van der Waals surface area contributed by atoms with Crippen LogP contribution in [0.25, 0.3) is 16.0 Å². The lowest BCUT2D eigenvalue weighted by Crippen LogP contribution is -2.20. The topological polar surface area (TPSA) is 92.1 Å². The van der Waals surface area contributed by atoms with Crippen LogP contribution in [0.3, 0.4) is 0 Å². The van der Waals surface area contributed by atoms with E-state index in [-0.39, 0.29) is 11.5 Å². The van der Waals surface area contributed by atoms with Crippen molar-refractivity contribution in [1.29, 1.82) is 0 Å². The summed E-state index contributed by atoms with van der Waals surface area (Å²) in [5.41, 5.74) is 10.7. The van der Waals surface area contributed by atoms with E-state index in [1.54, 1.807) is 30.3 Å². The van der Waals surface area contributed by atoms with Gasteiger partial charge in [0, 0.05) is 12.0 Å². The molecule has 2 rings (SSSR count). The van der Waals surface area contributed by atoms with E-state index in [4.69, 9.17) is 10.3 Å². The molecule has 8 heteroatoms. The van der Waals surface area contributed by atoms with Crippen molar-refractivity contribution in [2.24, 2.45) is 5.11 Å². The Morgan fingerprint density at radius 3 is 2.55 bits per heavy atom. The highest BCUT2D eigenvalue weighted by atomic mass is 32.2. The number of halogens is 1. The number of sulfone groups is 1. The second kappa shape index (κ2) is 6.91. The minimum Gasteiger partial charge on any atom is -0.376 e. The van der Waals surface area contributed by atoms with Crippen molar-refractivity contribution in [3.8, 4) is 0 Å². The maximum absolute atomic E-state index is 13.0. The summed E-state index contributed by atoms with van der Waals surface area (Å²) in [6, 6.07) is 6.04. The van der Waals surface area contributed by atoms with E-state index in [9.17, 15) is 12.8 Å². The molecule has 118 valence electrons. The summed E-state index contributed by atoms with van der Waals surface area (Å²) < 4.78 is 41.1. The quantitative estimate of drug-likeness (QED) is 0.457. The van der Waals surface area contributed by atoms with Crippen molar-refractivity contribution in [2.75, 3.05) is 25.3 Å². The van der Waals surface area contributed by atoms with E-state index in [1.165, 1.54) is 7.11 Å². The lowest BCUT2D eigenvalue weighted by molar-refractivity contribution is 0.0722. The van der Waals surface area contributed by atoms with Crippen LogP contribution >= 0.6 is 0 Å². The van der Waals surface area contributed by atoms with Crippen LogP contribution in [-0.2, 0) is 14.6 Å². The van der Waals surface area contributed by atoms with Crippen LogP contribution in [0.2, 0.25) is 0 Å². The first-order chi connectivity index (χ1) is 10.5. The average molecular weight is 325 g/mol. The second-order valence-electron chi connectivity index (χ2n) is 4.99. The minimum absolute atomic E-state index is 0.0336. The largest absolute Gasteiger partial charge is 0.376 e. The normalized spacial score (nSPS) is 19.1. The van der Waals surface area contributed by atoms with Gasteiger partial charge in [-0.25, -0.2) is 8.42 Å². The summed E-state index contributed by atoms with van der Waals surface area (Å²) >= 11 is 0. The number of alkyl halides is 1. The van der Waals surface area contributed by atoms with Gasteiger partial charge in [-0.2, -0.15) is 0 Å². The SMILES string of the molecule is CO[C@H](c1ccc(C2=CCS(=O)(=O)C2)cc1)C(CF)N=[N+]=[N-]. The number of rotatable bonds is 6. The van der Waals surface area contributed by atoms with E-state index in [0.717, 1.165) is 11.1 Å². The second-order valence-corrected chi connectivity index (χ2v) is 7.10. The Balaban J connectivity index is 2.22. The first-order valence-corrected chi connectivity index (χ1v) is 8.45. The molecule has 1 unspecified atom stereocenters. The zero-order chi connectivity index (χ0) is 16.2. The predicted octanol–water partition coefficient (Wildman–Crippen LogP) is 2.83. The Morgan fingerprint density at radius 1 is 1.41 bits per heavy atom. The number of nitrogens with zero attached hydrogens (tertiary/aromatic N) is 3. The molecule has 0 saturated carbocycles. The summed E-state index contributed by atoms with van der Waals surface area (Å²) in [5, 5.41) is 3.40. The van der Waals surface area contributed by atoms with Gasteiger partial charge in [0.2, 0.25) is 0 Å². The number of methoxy groups -OCH3 is 1. The van der Waals surface area contributed by atoms with E-state index in [0.29, 0.717) is 5.56 Å². The van der Waals surface area contributed by atoms with Crippen LogP contribution in [0.1, 0.15) is 17.2 Å². The molecule has 1 aliphatic heterocycles. The molecule has 1 aromatic carbocycles. The fourth-order valence-corrected chi connectivity index (χ4v) is 3.76. The lowest BCUT2D eigenvalue weighted by Gasteiger charge is -2.20. The molecule has 1 aliphatic rings. The number of azide groups is 1. The van der Waals surface area contributed by atoms with Gasteiger partial charge in [0.25, 0.3) is 0 Å². The van der Waals surface area contributed by atoms with Crippen LogP contribution in [-0.4, -0.2) is 39.7 Å². The summed E-state index contributed by atoms with van der Waals surface area (Å²) in [7, 11) is -1.60. The van der Waals surface area contributed by atoms with Gasteiger partial charge in [-0.15, -0.1) is 0 Å². The molecule has 0 amide bonds.